The zero-order chi connectivity index (χ0) is 24.9. The van der Waals surface area contributed by atoms with Crippen molar-refractivity contribution in [3.8, 4) is 5.75 Å². The highest BCUT2D eigenvalue weighted by molar-refractivity contribution is 5.90. The van der Waals surface area contributed by atoms with Crippen LogP contribution in [0, 0.1) is 0 Å². The van der Waals surface area contributed by atoms with Crippen molar-refractivity contribution < 1.29 is 9.53 Å². The molecule has 2 amide bonds. The number of fused-ring (bicyclic) bond motifs is 2. The molecule has 9 nitrogen and oxygen atoms in total. The van der Waals surface area contributed by atoms with E-state index >= 15 is 0 Å². The maximum Gasteiger partial charge on any atom is 0.314 e. The van der Waals surface area contributed by atoms with Gasteiger partial charge in [-0.1, -0.05) is 44.2 Å². The molecule has 0 aliphatic carbocycles. The molecule has 3 N–H and O–H groups in total. The Morgan fingerprint density at radius 2 is 1.92 bits per heavy atom. The van der Waals surface area contributed by atoms with Crippen LogP contribution in [0.25, 0.3) is 11.0 Å². The summed E-state index contributed by atoms with van der Waals surface area (Å²) in [4.78, 5) is 23.3. The van der Waals surface area contributed by atoms with Crippen molar-refractivity contribution in [3.63, 3.8) is 0 Å². The average Bonchev–Trinajstić information content (AvgIpc) is 3.52. The number of aromatic nitrogens is 4. The van der Waals surface area contributed by atoms with Gasteiger partial charge in [0.1, 0.15) is 24.5 Å². The molecule has 1 aliphatic rings. The van der Waals surface area contributed by atoms with E-state index in [1.165, 1.54) is 11.1 Å². The Bertz CT molecular complexity index is 1320. The van der Waals surface area contributed by atoms with Crippen LogP contribution in [-0.4, -0.2) is 52.4 Å². The van der Waals surface area contributed by atoms with Crippen LogP contribution in [0.2, 0.25) is 0 Å². The molecule has 5 rings (SSSR count). The molecule has 0 saturated carbocycles. The minimum absolute atomic E-state index is 0.187. The number of carbonyl (C=O) groups excluding carboxylic acids is 1. The first kappa shape index (κ1) is 23.6. The predicted octanol–water partition coefficient (Wildman–Crippen LogP) is 4.48. The number of nitrogens with one attached hydrogen (secondary N) is 3. The number of ether oxygens (including phenoxy) is 1. The van der Waals surface area contributed by atoms with E-state index < -0.39 is 0 Å². The molecule has 2 aromatic carbocycles. The number of para-hydroxylation sites is 1. The number of H-pyrrole nitrogens is 1. The van der Waals surface area contributed by atoms with Crippen LogP contribution in [0.3, 0.4) is 0 Å². The van der Waals surface area contributed by atoms with Gasteiger partial charge in [0, 0.05) is 24.7 Å². The third-order valence-corrected chi connectivity index (χ3v) is 6.53. The summed E-state index contributed by atoms with van der Waals surface area (Å²) in [5.74, 6) is 2.41. The lowest BCUT2D eigenvalue weighted by molar-refractivity contribution is 0.236. The number of urea groups is 1. The molecule has 0 spiro atoms. The molecule has 36 heavy (non-hydrogen) atoms. The fourth-order valence-corrected chi connectivity index (χ4v) is 4.62. The Morgan fingerprint density at radius 3 is 2.75 bits per heavy atom. The fourth-order valence-electron chi connectivity index (χ4n) is 4.62. The van der Waals surface area contributed by atoms with E-state index in [1.54, 1.807) is 12.5 Å². The van der Waals surface area contributed by atoms with Gasteiger partial charge in [0.05, 0.1) is 18.1 Å². The van der Waals surface area contributed by atoms with Gasteiger partial charge < -0.3 is 20.3 Å². The SMILES string of the molecule is CC(C)c1ccc(OCCNC(=O)NCCC2CN(c3ncnc4[nH]ncc34)c3ccccc32)cc1. The summed E-state index contributed by atoms with van der Waals surface area (Å²) >= 11 is 0. The highest BCUT2D eigenvalue weighted by atomic mass is 16.5. The van der Waals surface area contributed by atoms with Gasteiger partial charge in [0.2, 0.25) is 0 Å². The smallest absolute Gasteiger partial charge is 0.314 e. The molecule has 1 atom stereocenters. The van der Waals surface area contributed by atoms with E-state index in [4.69, 9.17) is 4.74 Å². The summed E-state index contributed by atoms with van der Waals surface area (Å²) in [6.07, 6.45) is 4.14. The van der Waals surface area contributed by atoms with Crippen molar-refractivity contribution >= 4 is 28.6 Å². The van der Waals surface area contributed by atoms with E-state index in [0.717, 1.165) is 41.3 Å². The molecule has 186 valence electrons. The van der Waals surface area contributed by atoms with Crippen LogP contribution < -0.4 is 20.3 Å². The highest BCUT2D eigenvalue weighted by Gasteiger charge is 2.30. The van der Waals surface area contributed by atoms with Crippen molar-refractivity contribution in [2.75, 3.05) is 31.1 Å². The molecule has 9 heteroatoms. The number of rotatable bonds is 9. The van der Waals surface area contributed by atoms with Gasteiger partial charge in [-0.3, -0.25) is 5.10 Å². The summed E-state index contributed by atoms with van der Waals surface area (Å²) in [5.41, 5.74) is 4.38. The second-order valence-electron chi connectivity index (χ2n) is 9.24. The predicted molar refractivity (Wildman–Crippen MR) is 140 cm³/mol. The molecule has 0 radical (unpaired) electrons. The summed E-state index contributed by atoms with van der Waals surface area (Å²) in [6, 6.07) is 16.3. The van der Waals surface area contributed by atoms with Gasteiger partial charge in [0.15, 0.2) is 5.65 Å². The van der Waals surface area contributed by atoms with Gasteiger partial charge in [-0.05, 0) is 41.7 Å². The van der Waals surface area contributed by atoms with Gasteiger partial charge in [-0.15, -0.1) is 0 Å². The van der Waals surface area contributed by atoms with Gasteiger partial charge in [-0.2, -0.15) is 5.10 Å². The zero-order valence-corrected chi connectivity index (χ0v) is 20.6. The highest BCUT2D eigenvalue weighted by Crippen LogP contribution is 2.42. The zero-order valence-electron chi connectivity index (χ0n) is 20.6. The largest absolute Gasteiger partial charge is 0.492 e. The van der Waals surface area contributed by atoms with Crippen LogP contribution in [0.4, 0.5) is 16.3 Å². The molecule has 1 unspecified atom stereocenters. The van der Waals surface area contributed by atoms with Crippen LogP contribution in [0.15, 0.2) is 61.1 Å². The lowest BCUT2D eigenvalue weighted by Gasteiger charge is -2.19. The van der Waals surface area contributed by atoms with E-state index in [1.807, 2.05) is 18.2 Å². The van der Waals surface area contributed by atoms with Crippen LogP contribution in [0.1, 0.15) is 43.2 Å². The molecular weight excluding hydrogens is 454 g/mol. The van der Waals surface area contributed by atoms with Gasteiger partial charge in [-0.25, -0.2) is 14.8 Å². The van der Waals surface area contributed by atoms with Gasteiger partial charge in [0.25, 0.3) is 0 Å². The average molecular weight is 486 g/mol. The van der Waals surface area contributed by atoms with Crippen LogP contribution in [-0.2, 0) is 0 Å². The maximum atomic E-state index is 12.3. The number of hydrogen-bond acceptors (Lipinski definition) is 6. The number of carbonyl (C=O) groups is 1. The molecule has 1 aliphatic heterocycles. The van der Waals surface area contributed by atoms with Crippen LogP contribution >= 0.6 is 0 Å². The number of benzene rings is 2. The Balaban J connectivity index is 1.10. The molecule has 3 heterocycles. The molecule has 4 aromatic rings. The minimum Gasteiger partial charge on any atom is -0.492 e. The fraction of sp³-hybridized carbons (Fsp3) is 0.333. The van der Waals surface area contributed by atoms with Crippen LogP contribution in [0.5, 0.6) is 5.75 Å². The standard InChI is InChI=1S/C27H31N7O2/c1-18(2)19-7-9-21(10-8-19)36-14-13-29-27(35)28-12-11-20-16-34(24-6-4-3-5-22(20)24)26-23-15-32-33-25(23)30-17-31-26/h3-10,15,17-18,20H,11-14,16H2,1-2H3,(H2,28,29,35)(H,30,31,32,33). The summed E-state index contributed by atoms with van der Waals surface area (Å²) in [6.45, 7) is 6.53. The topological polar surface area (TPSA) is 108 Å². The lowest BCUT2D eigenvalue weighted by atomic mass is 9.98. The molecule has 0 bridgehead atoms. The second kappa shape index (κ2) is 10.6. The van der Waals surface area contributed by atoms with Crippen molar-refractivity contribution in [3.05, 3.63) is 72.2 Å². The third kappa shape index (κ3) is 5.10. The summed E-state index contributed by atoms with van der Waals surface area (Å²) in [7, 11) is 0. The van der Waals surface area contributed by atoms with E-state index in [2.05, 4.69) is 79.9 Å². The molecule has 0 saturated heterocycles. The molecule has 0 fully saturated rings. The Hall–Kier alpha value is -4.14. The minimum atomic E-state index is -0.187. The first-order chi connectivity index (χ1) is 17.6. The maximum absolute atomic E-state index is 12.3. The number of aromatic amines is 1. The number of amides is 2. The quantitative estimate of drug-likeness (QED) is 0.302. The Kier molecular flexibility index (Phi) is 6.97. The first-order valence-electron chi connectivity index (χ1n) is 12.3. The van der Waals surface area contributed by atoms with Crippen molar-refractivity contribution in [1.82, 2.24) is 30.8 Å². The Morgan fingerprint density at radius 1 is 1.11 bits per heavy atom. The number of anilines is 2. The van der Waals surface area contributed by atoms with Crippen molar-refractivity contribution in [2.24, 2.45) is 0 Å². The monoisotopic (exact) mass is 485 g/mol. The van der Waals surface area contributed by atoms with E-state index in [9.17, 15) is 4.79 Å². The number of nitrogens with zero attached hydrogens (tertiary/aromatic N) is 4. The summed E-state index contributed by atoms with van der Waals surface area (Å²) < 4.78 is 5.73. The van der Waals surface area contributed by atoms with Crippen molar-refractivity contribution in [1.29, 1.82) is 0 Å². The third-order valence-electron chi connectivity index (χ3n) is 6.53. The number of hydrogen-bond donors (Lipinski definition) is 3. The summed E-state index contributed by atoms with van der Waals surface area (Å²) in [5, 5.41) is 13.8. The molecule has 2 aromatic heterocycles. The lowest BCUT2D eigenvalue weighted by Crippen LogP contribution is -2.38. The Labute approximate surface area is 210 Å². The van der Waals surface area contributed by atoms with Crippen molar-refractivity contribution in [2.45, 2.75) is 32.1 Å². The normalized spacial score (nSPS) is 14.8. The van der Waals surface area contributed by atoms with E-state index in [-0.39, 0.29) is 11.9 Å². The van der Waals surface area contributed by atoms with Gasteiger partial charge >= 0.3 is 6.03 Å². The first-order valence-corrected chi connectivity index (χ1v) is 12.3. The van der Waals surface area contributed by atoms with E-state index in [0.29, 0.717) is 25.6 Å². The second-order valence-corrected chi connectivity index (χ2v) is 9.24. The molecular formula is C27H31N7O2.